The van der Waals surface area contributed by atoms with Crippen LogP contribution in [0.5, 0.6) is 0 Å². The van der Waals surface area contributed by atoms with E-state index in [0.717, 1.165) is 109 Å². The second-order valence-electron chi connectivity index (χ2n) is 9.68. The number of amides is 1. The molecular formula is C28H30ClN5O3. The number of benzene rings is 2. The molecule has 2 aliphatic heterocycles. The van der Waals surface area contributed by atoms with Crippen molar-refractivity contribution in [3.63, 3.8) is 0 Å². The van der Waals surface area contributed by atoms with Crippen LogP contribution in [-0.2, 0) is 27.2 Å². The highest BCUT2D eigenvalue weighted by Crippen LogP contribution is 2.34. The number of aromatic nitrogens is 2. The summed E-state index contributed by atoms with van der Waals surface area (Å²) >= 11 is 6.73. The van der Waals surface area contributed by atoms with Crippen LogP contribution in [0.1, 0.15) is 11.1 Å². The predicted octanol–water partition coefficient (Wildman–Crippen LogP) is 3.73. The molecule has 2 saturated heterocycles. The fraction of sp³-hybridized carbons (Fsp3) is 0.357. The number of pyridine rings is 1. The molecule has 0 radical (unpaired) electrons. The van der Waals surface area contributed by atoms with Gasteiger partial charge in [-0.1, -0.05) is 23.7 Å². The monoisotopic (exact) mass is 519 g/mol. The van der Waals surface area contributed by atoms with Crippen molar-refractivity contribution in [3.8, 4) is 11.3 Å². The number of H-pyrrole nitrogens is 1. The smallest absolute Gasteiger partial charge is 0.221 e. The van der Waals surface area contributed by atoms with Gasteiger partial charge in [0.05, 0.1) is 55.1 Å². The quantitative estimate of drug-likeness (QED) is 0.403. The SMILES string of the molecule is NC(=O)Cc1cc(-c2ccc(CN3CCOCC3)c(Cl)c2)nc2c1[nH]c1cc(N3CCOCC3)ccc12. The Hall–Kier alpha value is -3.17. The molecule has 1 amide bonds. The lowest BCUT2D eigenvalue weighted by Crippen LogP contribution is -2.36. The highest BCUT2D eigenvalue weighted by Gasteiger charge is 2.18. The number of fused-ring (bicyclic) bond motifs is 3. The van der Waals surface area contributed by atoms with Crippen molar-refractivity contribution in [3.05, 3.63) is 58.6 Å². The predicted molar refractivity (Wildman–Crippen MR) is 146 cm³/mol. The van der Waals surface area contributed by atoms with Gasteiger partial charge in [0.1, 0.15) is 0 Å². The Kier molecular flexibility index (Phi) is 6.73. The van der Waals surface area contributed by atoms with Crippen LogP contribution in [0.3, 0.4) is 0 Å². The number of nitrogens with two attached hydrogens (primary N) is 1. The van der Waals surface area contributed by atoms with Crippen molar-refractivity contribution in [2.45, 2.75) is 13.0 Å². The third-order valence-corrected chi connectivity index (χ3v) is 7.56. The molecule has 2 aromatic carbocycles. The molecule has 2 fully saturated rings. The number of hydrogen-bond donors (Lipinski definition) is 2. The molecule has 37 heavy (non-hydrogen) atoms. The molecule has 0 bridgehead atoms. The number of carbonyl (C=O) groups excluding carboxylic acids is 1. The van der Waals surface area contributed by atoms with E-state index >= 15 is 0 Å². The molecule has 8 nitrogen and oxygen atoms in total. The molecule has 0 atom stereocenters. The summed E-state index contributed by atoms with van der Waals surface area (Å²) in [6.07, 6.45) is 0.123. The van der Waals surface area contributed by atoms with Crippen LogP contribution in [0, 0.1) is 0 Å². The first-order valence-corrected chi connectivity index (χ1v) is 13.1. The molecule has 192 valence electrons. The number of primary amides is 1. The third-order valence-electron chi connectivity index (χ3n) is 7.21. The van der Waals surface area contributed by atoms with E-state index < -0.39 is 0 Å². The molecule has 3 N–H and O–H groups in total. The van der Waals surface area contributed by atoms with Gasteiger partial charge in [-0.15, -0.1) is 0 Å². The van der Waals surface area contributed by atoms with Crippen LogP contribution in [0.15, 0.2) is 42.5 Å². The number of morpholine rings is 2. The largest absolute Gasteiger partial charge is 0.379 e. The summed E-state index contributed by atoms with van der Waals surface area (Å²) in [7, 11) is 0. The number of ether oxygens (including phenoxy) is 2. The number of aromatic amines is 1. The van der Waals surface area contributed by atoms with Crippen LogP contribution in [-0.4, -0.2) is 73.4 Å². The van der Waals surface area contributed by atoms with Gasteiger partial charge in [0, 0.05) is 54.4 Å². The summed E-state index contributed by atoms with van der Waals surface area (Å²) in [5.41, 5.74) is 13.0. The van der Waals surface area contributed by atoms with E-state index in [-0.39, 0.29) is 12.3 Å². The van der Waals surface area contributed by atoms with E-state index in [9.17, 15) is 4.79 Å². The average molecular weight is 520 g/mol. The van der Waals surface area contributed by atoms with Gasteiger partial charge in [-0.2, -0.15) is 0 Å². The first kappa shape index (κ1) is 24.2. The second kappa shape index (κ2) is 10.3. The molecule has 2 aliphatic rings. The standard InChI is InChI=1S/C28H30ClN5O3/c29-23-13-18(1-2-19(23)17-33-5-9-36-10-6-33)24-14-20(15-26(30)35)27-28(31-24)22-4-3-21(16-25(22)32-27)34-7-11-37-12-8-34/h1-4,13-14,16,32H,5-12,15,17H2,(H2,30,35). The van der Waals surface area contributed by atoms with E-state index in [1.54, 1.807) is 0 Å². The van der Waals surface area contributed by atoms with Gasteiger partial charge in [-0.3, -0.25) is 9.69 Å². The van der Waals surface area contributed by atoms with Gasteiger partial charge in [-0.05, 0) is 41.5 Å². The van der Waals surface area contributed by atoms with Gasteiger partial charge in [0.25, 0.3) is 0 Å². The van der Waals surface area contributed by atoms with Gasteiger partial charge in [-0.25, -0.2) is 4.98 Å². The van der Waals surface area contributed by atoms with Gasteiger partial charge in [0.15, 0.2) is 0 Å². The van der Waals surface area contributed by atoms with E-state index in [0.29, 0.717) is 5.02 Å². The maximum Gasteiger partial charge on any atom is 0.221 e. The summed E-state index contributed by atoms with van der Waals surface area (Å²) in [5.74, 6) is -0.384. The maximum absolute atomic E-state index is 12.0. The lowest BCUT2D eigenvalue weighted by molar-refractivity contribution is -0.117. The normalized spacial score (nSPS) is 17.1. The Morgan fingerprint density at radius 1 is 0.973 bits per heavy atom. The van der Waals surface area contributed by atoms with Crippen molar-refractivity contribution in [1.82, 2.24) is 14.9 Å². The number of nitrogens with zero attached hydrogens (tertiary/aromatic N) is 3. The third kappa shape index (κ3) is 5.02. The number of halogens is 1. The second-order valence-corrected chi connectivity index (χ2v) is 10.1. The van der Waals surface area contributed by atoms with Gasteiger partial charge >= 0.3 is 0 Å². The zero-order valence-electron chi connectivity index (χ0n) is 20.6. The first-order chi connectivity index (χ1) is 18.0. The lowest BCUT2D eigenvalue weighted by atomic mass is 10.0. The fourth-order valence-electron chi connectivity index (χ4n) is 5.24. The van der Waals surface area contributed by atoms with E-state index in [2.05, 4.69) is 45.1 Å². The molecule has 9 heteroatoms. The van der Waals surface area contributed by atoms with Crippen molar-refractivity contribution in [2.75, 3.05) is 57.5 Å². The average Bonchev–Trinajstić information content (AvgIpc) is 3.29. The first-order valence-electron chi connectivity index (χ1n) is 12.7. The van der Waals surface area contributed by atoms with Gasteiger partial charge in [0.2, 0.25) is 5.91 Å². The Morgan fingerprint density at radius 3 is 2.46 bits per heavy atom. The van der Waals surface area contributed by atoms with Crippen LogP contribution >= 0.6 is 11.6 Å². The molecule has 6 rings (SSSR count). The number of rotatable bonds is 6. The molecule has 0 saturated carbocycles. The maximum atomic E-state index is 12.0. The number of anilines is 1. The minimum Gasteiger partial charge on any atom is -0.379 e. The van der Waals surface area contributed by atoms with Crippen LogP contribution in [0.2, 0.25) is 5.02 Å². The lowest BCUT2D eigenvalue weighted by Gasteiger charge is -2.28. The summed E-state index contributed by atoms with van der Waals surface area (Å²) in [6.45, 7) is 7.28. The summed E-state index contributed by atoms with van der Waals surface area (Å²) in [6, 6.07) is 14.4. The van der Waals surface area contributed by atoms with E-state index in [1.807, 2.05) is 12.1 Å². The van der Waals surface area contributed by atoms with Crippen molar-refractivity contribution in [2.24, 2.45) is 5.73 Å². The van der Waals surface area contributed by atoms with Crippen LogP contribution < -0.4 is 10.6 Å². The summed E-state index contributed by atoms with van der Waals surface area (Å²) in [5, 5.41) is 1.71. The Morgan fingerprint density at radius 2 is 1.73 bits per heavy atom. The molecule has 2 aromatic heterocycles. The summed E-state index contributed by atoms with van der Waals surface area (Å²) in [4.78, 5) is 25.2. The minimum atomic E-state index is -0.384. The molecule has 4 aromatic rings. The Bertz CT molecular complexity index is 1460. The van der Waals surface area contributed by atoms with Crippen LogP contribution in [0.4, 0.5) is 5.69 Å². The van der Waals surface area contributed by atoms with Crippen molar-refractivity contribution < 1.29 is 14.3 Å². The van der Waals surface area contributed by atoms with Crippen molar-refractivity contribution in [1.29, 1.82) is 0 Å². The topological polar surface area (TPSA) is 96.7 Å². The highest BCUT2D eigenvalue weighted by molar-refractivity contribution is 6.31. The molecule has 4 heterocycles. The summed E-state index contributed by atoms with van der Waals surface area (Å²) < 4.78 is 11.0. The number of hydrogen-bond acceptors (Lipinski definition) is 6. The molecule has 0 spiro atoms. The number of carbonyl (C=O) groups is 1. The van der Waals surface area contributed by atoms with E-state index in [4.69, 9.17) is 31.8 Å². The zero-order valence-corrected chi connectivity index (χ0v) is 21.4. The van der Waals surface area contributed by atoms with Gasteiger partial charge < -0.3 is 25.1 Å². The molecule has 0 unspecified atom stereocenters. The Balaban J connectivity index is 1.39. The highest BCUT2D eigenvalue weighted by atomic mass is 35.5. The molecule has 0 aliphatic carbocycles. The Labute approximate surface area is 220 Å². The van der Waals surface area contributed by atoms with Crippen molar-refractivity contribution >= 4 is 45.1 Å². The zero-order chi connectivity index (χ0) is 25.4. The fourth-order valence-corrected chi connectivity index (χ4v) is 5.48. The van der Waals surface area contributed by atoms with Crippen LogP contribution in [0.25, 0.3) is 33.2 Å². The minimum absolute atomic E-state index is 0.123. The molecular weight excluding hydrogens is 490 g/mol. The number of nitrogens with one attached hydrogen (secondary N) is 1. The van der Waals surface area contributed by atoms with E-state index in [1.165, 1.54) is 0 Å².